The van der Waals surface area contributed by atoms with Gasteiger partial charge in [0.25, 0.3) is 5.90 Å². The van der Waals surface area contributed by atoms with E-state index in [2.05, 4.69) is 10.3 Å². The van der Waals surface area contributed by atoms with E-state index in [4.69, 9.17) is 19.1 Å². The van der Waals surface area contributed by atoms with Crippen LogP contribution in [0.1, 0.15) is 16.7 Å². The molecule has 0 N–H and O–H groups in total. The van der Waals surface area contributed by atoms with E-state index in [-0.39, 0.29) is 0 Å². The third-order valence-corrected chi connectivity index (χ3v) is 3.70. The van der Waals surface area contributed by atoms with Crippen molar-refractivity contribution in [3.63, 3.8) is 0 Å². The SMILES string of the molecule is CO/N=C(/C1=NOCCO1)c1ccccc1COc1ccccc1C. The molecule has 0 spiro atoms. The van der Waals surface area contributed by atoms with E-state index in [9.17, 15) is 0 Å². The Balaban J connectivity index is 1.87. The summed E-state index contributed by atoms with van der Waals surface area (Å²) >= 11 is 0. The third kappa shape index (κ3) is 4.09. The summed E-state index contributed by atoms with van der Waals surface area (Å²) in [6, 6.07) is 15.7. The molecule has 0 atom stereocenters. The molecule has 0 radical (unpaired) electrons. The molecule has 0 unspecified atom stereocenters. The van der Waals surface area contributed by atoms with Gasteiger partial charge in [0.15, 0.2) is 12.3 Å². The van der Waals surface area contributed by atoms with Crippen LogP contribution in [0.25, 0.3) is 0 Å². The summed E-state index contributed by atoms with van der Waals surface area (Å²) in [5, 5.41) is 8.02. The molecule has 1 aliphatic rings. The van der Waals surface area contributed by atoms with Crippen molar-refractivity contribution in [3.05, 3.63) is 65.2 Å². The highest BCUT2D eigenvalue weighted by molar-refractivity contribution is 6.45. The predicted octanol–water partition coefficient (Wildman–Crippen LogP) is 3.28. The molecule has 130 valence electrons. The number of aryl methyl sites for hydroxylation is 1. The van der Waals surface area contributed by atoms with Crippen molar-refractivity contribution in [2.24, 2.45) is 10.3 Å². The summed E-state index contributed by atoms with van der Waals surface area (Å²) in [4.78, 5) is 10.1. The molecule has 0 amide bonds. The molecule has 6 nitrogen and oxygen atoms in total. The lowest BCUT2D eigenvalue weighted by molar-refractivity contribution is 0.0672. The fraction of sp³-hybridized carbons (Fsp3) is 0.263. The third-order valence-electron chi connectivity index (χ3n) is 3.70. The van der Waals surface area contributed by atoms with Gasteiger partial charge in [0.2, 0.25) is 0 Å². The van der Waals surface area contributed by atoms with Crippen LogP contribution < -0.4 is 4.74 Å². The molecule has 1 heterocycles. The first-order valence-corrected chi connectivity index (χ1v) is 8.00. The van der Waals surface area contributed by atoms with Gasteiger partial charge in [-0.05, 0) is 29.3 Å². The average molecular weight is 340 g/mol. The fourth-order valence-electron chi connectivity index (χ4n) is 2.46. The highest BCUT2D eigenvalue weighted by Crippen LogP contribution is 2.20. The summed E-state index contributed by atoms with van der Waals surface area (Å²) in [5.74, 6) is 1.15. The first-order valence-electron chi connectivity index (χ1n) is 8.00. The van der Waals surface area contributed by atoms with Crippen molar-refractivity contribution >= 4 is 11.6 Å². The van der Waals surface area contributed by atoms with Crippen molar-refractivity contribution < 1.29 is 19.1 Å². The van der Waals surface area contributed by atoms with Crippen LogP contribution in [-0.2, 0) is 21.0 Å². The zero-order valence-electron chi connectivity index (χ0n) is 14.3. The van der Waals surface area contributed by atoms with Crippen molar-refractivity contribution in [2.75, 3.05) is 20.3 Å². The van der Waals surface area contributed by atoms with Gasteiger partial charge >= 0.3 is 0 Å². The first-order chi connectivity index (χ1) is 12.3. The van der Waals surface area contributed by atoms with Crippen LogP contribution in [0.15, 0.2) is 58.8 Å². The number of oxime groups is 2. The van der Waals surface area contributed by atoms with E-state index in [1.807, 2.05) is 55.5 Å². The molecule has 0 aliphatic carbocycles. The molecule has 0 fully saturated rings. The predicted molar refractivity (Wildman–Crippen MR) is 94.8 cm³/mol. The molecule has 2 aromatic carbocycles. The number of benzene rings is 2. The molecule has 25 heavy (non-hydrogen) atoms. The molecule has 6 heteroatoms. The number of nitrogens with zero attached hydrogens (tertiary/aromatic N) is 2. The summed E-state index contributed by atoms with van der Waals surface area (Å²) in [7, 11) is 1.48. The fourth-order valence-corrected chi connectivity index (χ4v) is 2.46. The number of ether oxygens (including phenoxy) is 2. The van der Waals surface area contributed by atoms with Crippen LogP contribution in [0, 0.1) is 6.92 Å². The van der Waals surface area contributed by atoms with Crippen molar-refractivity contribution in [1.82, 2.24) is 0 Å². The van der Waals surface area contributed by atoms with Gasteiger partial charge < -0.3 is 19.1 Å². The Hall–Kier alpha value is -3.02. The molecule has 0 aromatic heterocycles. The largest absolute Gasteiger partial charge is 0.489 e. The van der Waals surface area contributed by atoms with E-state index >= 15 is 0 Å². The Morgan fingerprint density at radius 1 is 1.12 bits per heavy atom. The molecule has 1 aliphatic heterocycles. The summed E-state index contributed by atoms with van der Waals surface area (Å²) < 4.78 is 11.5. The first kappa shape index (κ1) is 16.8. The highest BCUT2D eigenvalue weighted by atomic mass is 16.7. The molecule has 0 saturated carbocycles. The quantitative estimate of drug-likeness (QED) is 0.598. The van der Waals surface area contributed by atoms with E-state index in [0.717, 1.165) is 22.4 Å². The monoisotopic (exact) mass is 340 g/mol. The van der Waals surface area contributed by atoms with Gasteiger partial charge in [-0.2, -0.15) is 0 Å². The van der Waals surface area contributed by atoms with Gasteiger partial charge in [0, 0.05) is 5.56 Å². The van der Waals surface area contributed by atoms with Gasteiger partial charge in [-0.25, -0.2) is 0 Å². The summed E-state index contributed by atoms with van der Waals surface area (Å²) in [6.07, 6.45) is 0. The van der Waals surface area contributed by atoms with Gasteiger partial charge in [-0.3, -0.25) is 0 Å². The maximum absolute atomic E-state index is 5.97. The molecule has 2 aromatic rings. The Labute approximate surface area is 146 Å². The van der Waals surface area contributed by atoms with E-state index in [0.29, 0.717) is 31.4 Å². The highest BCUT2D eigenvalue weighted by Gasteiger charge is 2.21. The molecule has 0 bridgehead atoms. The maximum atomic E-state index is 5.97. The Morgan fingerprint density at radius 2 is 1.92 bits per heavy atom. The topological polar surface area (TPSA) is 61.6 Å². The minimum absolute atomic E-state index is 0.302. The van der Waals surface area contributed by atoms with E-state index in [1.54, 1.807) is 0 Å². The van der Waals surface area contributed by atoms with Crippen LogP contribution in [0.5, 0.6) is 5.75 Å². The van der Waals surface area contributed by atoms with E-state index in [1.165, 1.54) is 7.11 Å². The molecule has 0 saturated heterocycles. The van der Waals surface area contributed by atoms with Crippen molar-refractivity contribution in [2.45, 2.75) is 13.5 Å². The smallest absolute Gasteiger partial charge is 0.280 e. The van der Waals surface area contributed by atoms with Crippen LogP contribution in [0.3, 0.4) is 0 Å². The number of hydrogen-bond acceptors (Lipinski definition) is 6. The Bertz CT molecular complexity index is 786. The Kier molecular flexibility index (Phi) is 5.51. The summed E-state index contributed by atoms with van der Waals surface area (Å²) in [5.41, 5.74) is 3.32. The summed E-state index contributed by atoms with van der Waals surface area (Å²) in [6.45, 7) is 3.24. The van der Waals surface area contributed by atoms with Crippen LogP contribution in [0.2, 0.25) is 0 Å². The van der Waals surface area contributed by atoms with Crippen LogP contribution in [-0.4, -0.2) is 31.9 Å². The second-order valence-corrected chi connectivity index (χ2v) is 5.41. The number of rotatable bonds is 6. The zero-order valence-corrected chi connectivity index (χ0v) is 14.3. The number of hydrogen-bond donors (Lipinski definition) is 0. The van der Waals surface area contributed by atoms with Gasteiger partial charge in [-0.1, -0.05) is 47.6 Å². The normalized spacial score (nSPS) is 14.2. The molecular formula is C19H20N2O4. The standard InChI is InChI=1S/C19H20N2O4/c1-14-7-3-6-10-17(14)24-13-15-8-4-5-9-16(15)18(20-22-2)19-21-25-12-11-23-19/h3-10H,11-13H2,1-2H3/b20-18+. The van der Waals surface area contributed by atoms with Crippen LogP contribution >= 0.6 is 0 Å². The Morgan fingerprint density at radius 3 is 2.68 bits per heavy atom. The lowest BCUT2D eigenvalue weighted by atomic mass is 10.0. The van der Waals surface area contributed by atoms with Gasteiger partial charge in [0.1, 0.15) is 26.1 Å². The molecular weight excluding hydrogens is 320 g/mol. The van der Waals surface area contributed by atoms with Crippen molar-refractivity contribution in [1.29, 1.82) is 0 Å². The second-order valence-electron chi connectivity index (χ2n) is 5.41. The zero-order chi connectivity index (χ0) is 17.5. The van der Waals surface area contributed by atoms with Gasteiger partial charge in [0.05, 0.1) is 0 Å². The maximum Gasteiger partial charge on any atom is 0.280 e. The van der Waals surface area contributed by atoms with Crippen molar-refractivity contribution in [3.8, 4) is 5.75 Å². The number of para-hydroxylation sites is 1. The minimum Gasteiger partial charge on any atom is -0.489 e. The lowest BCUT2D eigenvalue weighted by Gasteiger charge is -2.17. The second kappa shape index (κ2) is 8.19. The molecule has 3 rings (SSSR count). The minimum atomic E-state index is 0.302. The lowest BCUT2D eigenvalue weighted by Crippen LogP contribution is -2.26. The van der Waals surface area contributed by atoms with Gasteiger partial charge in [-0.15, -0.1) is 0 Å². The van der Waals surface area contributed by atoms with E-state index < -0.39 is 0 Å². The average Bonchev–Trinajstić information content (AvgIpc) is 2.66. The van der Waals surface area contributed by atoms with Crippen LogP contribution in [0.4, 0.5) is 0 Å².